The molecular formula is C23H26O2. The van der Waals surface area contributed by atoms with Gasteiger partial charge in [0.25, 0.3) is 0 Å². The molecule has 2 heteroatoms. The molecule has 0 radical (unpaired) electrons. The fourth-order valence-electron chi connectivity index (χ4n) is 3.47. The molecule has 0 heterocycles. The molecule has 0 amide bonds. The van der Waals surface area contributed by atoms with E-state index in [4.69, 9.17) is 5.11 Å². The maximum Gasteiger partial charge on any atom is 0.335 e. The van der Waals surface area contributed by atoms with E-state index in [0.29, 0.717) is 11.0 Å². The molecule has 0 saturated heterocycles. The zero-order valence-corrected chi connectivity index (χ0v) is 15.3. The molecule has 0 atom stereocenters. The van der Waals surface area contributed by atoms with Gasteiger partial charge in [-0.05, 0) is 78.0 Å². The Labute approximate surface area is 150 Å². The summed E-state index contributed by atoms with van der Waals surface area (Å²) in [7, 11) is 0. The third kappa shape index (κ3) is 4.19. The molecule has 1 aliphatic rings. The first kappa shape index (κ1) is 17.5. The van der Waals surface area contributed by atoms with Crippen LogP contribution in [0.25, 0.3) is 11.6 Å². The predicted octanol–water partition coefficient (Wildman–Crippen LogP) is 5.85. The van der Waals surface area contributed by atoms with Crippen LogP contribution in [0.2, 0.25) is 0 Å². The van der Waals surface area contributed by atoms with Crippen LogP contribution in [-0.2, 0) is 12.8 Å². The molecule has 1 N–H and O–H groups in total. The lowest BCUT2D eigenvalue weighted by Gasteiger charge is -2.21. The number of carboxylic acids is 1. The third-order valence-corrected chi connectivity index (χ3v) is 5.34. The Morgan fingerprint density at radius 3 is 2.20 bits per heavy atom. The fourth-order valence-corrected chi connectivity index (χ4v) is 3.47. The molecule has 0 saturated carbocycles. The Balaban J connectivity index is 1.84. The average molecular weight is 334 g/mol. The fraction of sp³-hybridized carbons (Fsp3) is 0.348. The Kier molecular flexibility index (Phi) is 4.80. The summed E-state index contributed by atoms with van der Waals surface area (Å²) in [6.45, 7) is 6.85. The van der Waals surface area contributed by atoms with E-state index in [9.17, 15) is 4.79 Å². The maximum atomic E-state index is 11.0. The zero-order valence-electron chi connectivity index (χ0n) is 15.3. The Morgan fingerprint density at radius 2 is 1.56 bits per heavy atom. The van der Waals surface area contributed by atoms with Crippen LogP contribution in [-0.4, -0.2) is 11.1 Å². The van der Waals surface area contributed by atoms with Crippen molar-refractivity contribution in [3.63, 3.8) is 0 Å². The molecule has 0 aliphatic heterocycles. The first-order valence-electron chi connectivity index (χ1n) is 8.98. The number of hydrogen-bond donors (Lipinski definition) is 1. The summed E-state index contributed by atoms with van der Waals surface area (Å²) in [6, 6.07) is 13.9. The Hall–Kier alpha value is -2.35. The van der Waals surface area contributed by atoms with Crippen molar-refractivity contribution in [2.45, 2.75) is 46.5 Å². The number of allylic oxidation sites excluding steroid dienone is 1. The minimum Gasteiger partial charge on any atom is -0.478 e. The number of aryl methyl sites for hydroxylation is 2. The highest BCUT2D eigenvalue weighted by atomic mass is 16.4. The van der Waals surface area contributed by atoms with E-state index < -0.39 is 5.97 Å². The molecule has 2 aromatic rings. The molecule has 2 aromatic carbocycles. The summed E-state index contributed by atoms with van der Waals surface area (Å²) >= 11 is 0. The van der Waals surface area contributed by atoms with Gasteiger partial charge in [0.05, 0.1) is 5.56 Å². The van der Waals surface area contributed by atoms with E-state index in [0.717, 1.165) is 12.0 Å². The lowest BCUT2D eigenvalue weighted by atomic mass is 9.85. The summed E-state index contributed by atoms with van der Waals surface area (Å²) in [5, 5.41) is 8.99. The molecule has 0 aromatic heterocycles. The number of rotatable bonds is 3. The summed E-state index contributed by atoms with van der Waals surface area (Å²) < 4.78 is 0. The molecule has 1 aliphatic carbocycles. The molecule has 3 rings (SSSR count). The van der Waals surface area contributed by atoms with Crippen molar-refractivity contribution in [2.75, 3.05) is 0 Å². The maximum absolute atomic E-state index is 11.0. The first-order chi connectivity index (χ1) is 11.8. The van der Waals surface area contributed by atoms with Gasteiger partial charge in [-0.25, -0.2) is 4.79 Å². The SMILES string of the molecule is C/C(=C\c1ccc(C(=O)O)cc1)c1ccc2c(c1)CCC(C)(C)CC2. The van der Waals surface area contributed by atoms with Crippen LogP contribution in [0.4, 0.5) is 0 Å². The molecule has 25 heavy (non-hydrogen) atoms. The monoisotopic (exact) mass is 334 g/mol. The minimum atomic E-state index is -0.888. The average Bonchev–Trinajstić information content (AvgIpc) is 2.73. The van der Waals surface area contributed by atoms with Crippen molar-refractivity contribution >= 4 is 17.6 Å². The number of aromatic carboxylic acids is 1. The van der Waals surface area contributed by atoms with Gasteiger partial charge < -0.3 is 5.11 Å². The second-order valence-electron chi connectivity index (χ2n) is 7.90. The van der Waals surface area contributed by atoms with Gasteiger partial charge in [-0.15, -0.1) is 0 Å². The summed E-state index contributed by atoms with van der Waals surface area (Å²) in [4.78, 5) is 11.0. The summed E-state index contributed by atoms with van der Waals surface area (Å²) in [5.41, 5.74) is 7.21. The van der Waals surface area contributed by atoms with E-state index in [1.54, 1.807) is 12.1 Å². The number of hydrogen-bond acceptors (Lipinski definition) is 1. The standard InChI is InChI=1S/C23H26O2/c1-16(14-17-4-6-19(7-5-17)22(24)25)20-9-8-18-10-12-23(2,3)13-11-21(18)15-20/h4-9,14-15H,10-13H2,1-3H3,(H,24,25)/b16-14+. The molecule has 0 fully saturated rings. The Morgan fingerprint density at radius 1 is 0.960 bits per heavy atom. The summed E-state index contributed by atoms with van der Waals surface area (Å²) in [5.74, 6) is -0.888. The van der Waals surface area contributed by atoms with Crippen LogP contribution < -0.4 is 0 Å². The van der Waals surface area contributed by atoms with Crippen molar-refractivity contribution in [1.82, 2.24) is 0 Å². The van der Waals surface area contributed by atoms with Gasteiger partial charge in [-0.2, -0.15) is 0 Å². The summed E-state index contributed by atoms with van der Waals surface area (Å²) in [6.07, 6.45) is 6.93. The van der Waals surface area contributed by atoms with Gasteiger partial charge in [0.15, 0.2) is 0 Å². The van der Waals surface area contributed by atoms with E-state index in [2.05, 4.69) is 45.0 Å². The largest absolute Gasteiger partial charge is 0.478 e. The van der Waals surface area contributed by atoms with E-state index in [1.165, 1.54) is 41.5 Å². The third-order valence-electron chi connectivity index (χ3n) is 5.34. The quantitative estimate of drug-likeness (QED) is 0.564. The van der Waals surface area contributed by atoms with Crippen molar-refractivity contribution in [1.29, 1.82) is 0 Å². The number of fused-ring (bicyclic) bond motifs is 1. The van der Waals surface area contributed by atoms with Crippen LogP contribution in [0.3, 0.4) is 0 Å². The van der Waals surface area contributed by atoms with Crippen molar-refractivity contribution < 1.29 is 9.90 Å². The second-order valence-corrected chi connectivity index (χ2v) is 7.90. The van der Waals surface area contributed by atoms with Gasteiger partial charge in [0, 0.05) is 0 Å². The number of benzene rings is 2. The van der Waals surface area contributed by atoms with Crippen molar-refractivity contribution in [2.24, 2.45) is 5.41 Å². The van der Waals surface area contributed by atoms with Crippen LogP contribution in [0.1, 0.15) is 66.2 Å². The van der Waals surface area contributed by atoms with Crippen molar-refractivity contribution in [3.8, 4) is 0 Å². The lowest BCUT2D eigenvalue weighted by molar-refractivity contribution is 0.0697. The Bertz CT molecular complexity index is 810. The van der Waals surface area contributed by atoms with Gasteiger partial charge >= 0.3 is 5.97 Å². The van der Waals surface area contributed by atoms with Crippen LogP contribution in [0.5, 0.6) is 0 Å². The molecule has 0 unspecified atom stereocenters. The van der Waals surface area contributed by atoms with Gasteiger partial charge in [0.1, 0.15) is 0 Å². The highest BCUT2D eigenvalue weighted by molar-refractivity contribution is 5.88. The molecule has 0 bridgehead atoms. The number of carboxylic acid groups (broad SMARTS) is 1. The van der Waals surface area contributed by atoms with E-state index in [-0.39, 0.29) is 0 Å². The second kappa shape index (κ2) is 6.87. The smallest absolute Gasteiger partial charge is 0.335 e. The lowest BCUT2D eigenvalue weighted by Crippen LogP contribution is -2.10. The zero-order chi connectivity index (χ0) is 18.0. The van der Waals surface area contributed by atoms with Gasteiger partial charge in [-0.3, -0.25) is 0 Å². The topological polar surface area (TPSA) is 37.3 Å². The molecule has 2 nitrogen and oxygen atoms in total. The van der Waals surface area contributed by atoms with E-state index >= 15 is 0 Å². The van der Waals surface area contributed by atoms with E-state index in [1.807, 2.05) is 12.1 Å². The van der Waals surface area contributed by atoms with Crippen LogP contribution in [0, 0.1) is 5.41 Å². The van der Waals surface area contributed by atoms with Gasteiger partial charge in [-0.1, -0.05) is 50.3 Å². The van der Waals surface area contributed by atoms with Crippen LogP contribution >= 0.6 is 0 Å². The van der Waals surface area contributed by atoms with Crippen molar-refractivity contribution in [3.05, 3.63) is 70.3 Å². The minimum absolute atomic E-state index is 0.322. The number of carbonyl (C=O) groups is 1. The molecular weight excluding hydrogens is 308 g/mol. The first-order valence-corrected chi connectivity index (χ1v) is 8.98. The highest BCUT2D eigenvalue weighted by Gasteiger charge is 2.22. The molecule has 0 spiro atoms. The predicted molar refractivity (Wildman–Crippen MR) is 104 cm³/mol. The normalized spacial score (nSPS) is 16.8. The molecule has 130 valence electrons. The van der Waals surface area contributed by atoms with Crippen LogP contribution in [0.15, 0.2) is 42.5 Å². The van der Waals surface area contributed by atoms with Gasteiger partial charge in [0.2, 0.25) is 0 Å². The highest BCUT2D eigenvalue weighted by Crippen LogP contribution is 2.34.